The highest BCUT2D eigenvalue weighted by molar-refractivity contribution is 5.73. The zero-order chi connectivity index (χ0) is 21.3. The Kier molecular flexibility index (Phi) is 5.18. The summed E-state index contributed by atoms with van der Waals surface area (Å²) in [6, 6.07) is 14.8. The summed E-state index contributed by atoms with van der Waals surface area (Å²) in [6.45, 7) is 5.67. The van der Waals surface area contributed by atoms with Gasteiger partial charge in [-0.3, -0.25) is 14.0 Å². The quantitative estimate of drug-likeness (QED) is 0.480. The molecule has 0 N–H and O–H groups in total. The van der Waals surface area contributed by atoms with Crippen LogP contribution >= 0.6 is 0 Å². The number of carbonyl (C=O) groups excluding carboxylic acids is 1. The summed E-state index contributed by atoms with van der Waals surface area (Å²) in [6.07, 6.45) is 1.84. The van der Waals surface area contributed by atoms with E-state index in [4.69, 9.17) is 4.74 Å². The molecule has 1 aromatic carbocycles. The van der Waals surface area contributed by atoms with Crippen molar-refractivity contribution in [1.82, 2.24) is 19.2 Å². The summed E-state index contributed by atoms with van der Waals surface area (Å²) in [5, 5.41) is 4.56. The van der Waals surface area contributed by atoms with Gasteiger partial charge in [0.15, 0.2) is 0 Å². The molecule has 0 aliphatic carbocycles. The zero-order valence-corrected chi connectivity index (χ0v) is 17.1. The second-order valence-corrected chi connectivity index (χ2v) is 7.25. The Morgan fingerprint density at radius 3 is 2.60 bits per heavy atom. The van der Waals surface area contributed by atoms with Gasteiger partial charge < -0.3 is 4.74 Å². The maximum Gasteiger partial charge on any atom is 0.310 e. The number of carbonyl (C=O) groups is 1. The van der Waals surface area contributed by atoms with Gasteiger partial charge in [0, 0.05) is 23.5 Å². The fraction of sp³-hybridized carbons (Fsp3) is 0.217. The molecule has 7 nitrogen and oxygen atoms in total. The largest absolute Gasteiger partial charge is 0.459 e. The van der Waals surface area contributed by atoms with E-state index in [0.29, 0.717) is 11.3 Å². The molecule has 0 unspecified atom stereocenters. The second kappa shape index (κ2) is 7.94. The van der Waals surface area contributed by atoms with Crippen LogP contribution in [0.4, 0.5) is 0 Å². The Morgan fingerprint density at radius 1 is 1.07 bits per heavy atom. The van der Waals surface area contributed by atoms with Crippen molar-refractivity contribution >= 4 is 11.6 Å². The van der Waals surface area contributed by atoms with Crippen LogP contribution in [0.1, 0.15) is 28.2 Å². The lowest BCUT2D eigenvalue weighted by Gasteiger charge is -2.07. The van der Waals surface area contributed by atoms with E-state index in [1.165, 1.54) is 10.5 Å². The molecule has 4 aromatic rings. The van der Waals surface area contributed by atoms with Crippen LogP contribution in [0.5, 0.6) is 0 Å². The standard InChI is InChI=1S/C23H22N4O3/c1-15-9-10-21-24-18(11-22(28)26(21)13-15)14-30-23(29)12-20-16(2)25-27(17(20)3)19-7-5-4-6-8-19/h4-11,13H,12,14H2,1-3H3. The van der Waals surface area contributed by atoms with Crippen LogP contribution in [0.15, 0.2) is 59.5 Å². The van der Waals surface area contributed by atoms with Gasteiger partial charge in [0.05, 0.1) is 23.5 Å². The van der Waals surface area contributed by atoms with E-state index in [2.05, 4.69) is 10.1 Å². The summed E-state index contributed by atoms with van der Waals surface area (Å²) in [4.78, 5) is 29.1. The molecule has 0 spiro atoms. The maximum atomic E-state index is 12.5. The van der Waals surface area contributed by atoms with E-state index in [9.17, 15) is 9.59 Å². The molecule has 0 atom stereocenters. The molecule has 3 heterocycles. The van der Waals surface area contributed by atoms with Gasteiger partial charge >= 0.3 is 5.97 Å². The highest BCUT2D eigenvalue weighted by Gasteiger charge is 2.17. The van der Waals surface area contributed by atoms with E-state index in [1.807, 2.05) is 61.9 Å². The maximum absolute atomic E-state index is 12.5. The number of para-hydroxylation sites is 1. The smallest absolute Gasteiger partial charge is 0.310 e. The first-order chi connectivity index (χ1) is 14.4. The summed E-state index contributed by atoms with van der Waals surface area (Å²) in [5.74, 6) is -0.389. The Hall–Kier alpha value is -3.74. The minimum Gasteiger partial charge on any atom is -0.459 e. The number of esters is 1. The predicted molar refractivity (Wildman–Crippen MR) is 113 cm³/mol. The number of fused-ring (bicyclic) bond motifs is 1. The summed E-state index contributed by atoms with van der Waals surface area (Å²) >= 11 is 0. The lowest BCUT2D eigenvalue weighted by molar-refractivity contribution is -0.144. The molecule has 152 valence electrons. The molecule has 0 fully saturated rings. The highest BCUT2D eigenvalue weighted by Crippen LogP contribution is 2.19. The molecule has 7 heteroatoms. The first kappa shape index (κ1) is 19.6. The Bertz CT molecular complexity index is 1290. The minimum atomic E-state index is -0.389. The third kappa shape index (κ3) is 3.87. The molecule has 4 rings (SSSR count). The molecule has 0 bridgehead atoms. The van der Waals surface area contributed by atoms with Crippen molar-refractivity contribution in [3.8, 4) is 5.69 Å². The van der Waals surface area contributed by atoms with Crippen molar-refractivity contribution < 1.29 is 9.53 Å². The topological polar surface area (TPSA) is 78.5 Å². The highest BCUT2D eigenvalue weighted by atomic mass is 16.5. The number of nitrogens with zero attached hydrogens (tertiary/aromatic N) is 4. The number of benzene rings is 1. The normalized spacial score (nSPS) is 11.0. The third-order valence-electron chi connectivity index (χ3n) is 5.00. The molecule has 0 amide bonds. The number of aryl methyl sites for hydroxylation is 2. The van der Waals surface area contributed by atoms with Gasteiger partial charge in [-0.2, -0.15) is 5.10 Å². The summed E-state index contributed by atoms with van der Waals surface area (Å²) in [7, 11) is 0. The van der Waals surface area contributed by atoms with E-state index >= 15 is 0 Å². The van der Waals surface area contributed by atoms with E-state index in [1.54, 1.807) is 12.3 Å². The first-order valence-electron chi connectivity index (χ1n) is 9.67. The van der Waals surface area contributed by atoms with Gasteiger partial charge in [-0.15, -0.1) is 0 Å². The summed E-state index contributed by atoms with van der Waals surface area (Å²) in [5.41, 5.74) is 5.16. The number of hydrogen-bond donors (Lipinski definition) is 0. The molecule has 0 saturated heterocycles. The second-order valence-electron chi connectivity index (χ2n) is 7.25. The Labute approximate surface area is 173 Å². The molecular formula is C23H22N4O3. The number of ether oxygens (including phenoxy) is 1. The molecule has 0 radical (unpaired) electrons. The van der Waals surface area contributed by atoms with Crippen LogP contribution in [0.25, 0.3) is 11.3 Å². The van der Waals surface area contributed by atoms with Crippen molar-refractivity contribution in [1.29, 1.82) is 0 Å². The van der Waals surface area contributed by atoms with E-state index < -0.39 is 0 Å². The fourth-order valence-corrected chi connectivity index (χ4v) is 3.43. The van der Waals surface area contributed by atoms with Crippen LogP contribution in [-0.2, 0) is 22.6 Å². The third-order valence-corrected chi connectivity index (χ3v) is 5.00. The van der Waals surface area contributed by atoms with Crippen LogP contribution in [-0.4, -0.2) is 25.1 Å². The molecule has 0 saturated carbocycles. The van der Waals surface area contributed by atoms with Crippen LogP contribution in [0.3, 0.4) is 0 Å². The number of pyridine rings is 1. The van der Waals surface area contributed by atoms with Gasteiger partial charge in [0.2, 0.25) is 0 Å². The Morgan fingerprint density at radius 2 is 1.83 bits per heavy atom. The van der Waals surface area contributed by atoms with Gasteiger partial charge in [0.25, 0.3) is 5.56 Å². The van der Waals surface area contributed by atoms with Crippen LogP contribution in [0, 0.1) is 20.8 Å². The lowest BCUT2D eigenvalue weighted by atomic mass is 10.1. The van der Waals surface area contributed by atoms with E-state index in [-0.39, 0.29) is 24.6 Å². The van der Waals surface area contributed by atoms with Crippen molar-refractivity contribution in [3.05, 3.63) is 93.3 Å². The van der Waals surface area contributed by atoms with Crippen LogP contribution in [0.2, 0.25) is 0 Å². The number of aromatic nitrogens is 4. The molecule has 30 heavy (non-hydrogen) atoms. The van der Waals surface area contributed by atoms with Crippen molar-refractivity contribution in [3.63, 3.8) is 0 Å². The average Bonchev–Trinajstić information content (AvgIpc) is 3.02. The molecule has 0 aliphatic heterocycles. The molecule has 0 aliphatic rings. The zero-order valence-electron chi connectivity index (χ0n) is 17.1. The summed E-state index contributed by atoms with van der Waals surface area (Å²) < 4.78 is 8.70. The van der Waals surface area contributed by atoms with Crippen molar-refractivity contribution in [2.75, 3.05) is 0 Å². The van der Waals surface area contributed by atoms with Crippen molar-refractivity contribution in [2.24, 2.45) is 0 Å². The van der Waals surface area contributed by atoms with Gasteiger partial charge in [0.1, 0.15) is 12.3 Å². The molecule has 3 aromatic heterocycles. The molecular weight excluding hydrogens is 380 g/mol. The monoisotopic (exact) mass is 402 g/mol. The van der Waals surface area contributed by atoms with Gasteiger partial charge in [-0.05, 0) is 44.5 Å². The average molecular weight is 402 g/mol. The Balaban J connectivity index is 1.48. The van der Waals surface area contributed by atoms with Crippen LogP contribution < -0.4 is 5.56 Å². The number of hydrogen-bond acceptors (Lipinski definition) is 5. The van der Waals surface area contributed by atoms with Crippen molar-refractivity contribution in [2.45, 2.75) is 33.8 Å². The SMILES string of the molecule is Cc1ccc2nc(COC(=O)Cc3c(C)nn(-c4ccccc4)c3C)cc(=O)n2c1. The fourth-order valence-electron chi connectivity index (χ4n) is 3.43. The van der Waals surface area contributed by atoms with E-state index in [0.717, 1.165) is 28.2 Å². The minimum absolute atomic E-state index is 0.0522. The number of rotatable bonds is 5. The lowest BCUT2D eigenvalue weighted by Crippen LogP contribution is -2.17. The van der Waals surface area contributed by atoms with Gasteiger partial charge in [-0.25, -0.2) is 9.67 Å². The first-order valence-corrected chi connectivity index (χ1v) is 9.67. The predicted octanol–water partition coefficient (Wildman–Crippen LogP) is 3.09. The van der Waals surface area contributed by atoms with Gasteiger partial charge in [-0.1, -0.05) is 24.3 Å².